The van der Waals surface area contributed by atoms with Gasteiger partial charge >= 0.3 is 0 Å². The SMILES string of the molecule is Cl.NC[C@@H]1CN(C(=O)CC2CCCC2)C[C@H]1c1ccccc1. The van der Waals surface area contributed by atoms with Gasteiger partial charge < -0.3 is 10.6 Å². The van der Waals surface area contributed by atoms with Gasteiger partial charge in [-0.1, -0.05) is 43.2 Å². The molecule has 1 aromatic rings. The number of halogens is 1. The van der Waals surface area contributed by atoms with Gasteiger partial charge in [0.15, 0.2) is 0 Å². The summed E-state index contributed by atoms with van der Waals surface area (Å²) in [5.74, 6) is 1.78. The number of nitrogens with zero attached hydrogens (tertiary/aromatic N) is 1. The van der Waals surface area contributed by atoms with Crippen molar-refractivity contribution in [1.82, 2.24) is 4.90 Å². The average Bonchev–Trinajstić information content (AvgIpc) is 3.17. The Bertz CT molecular complexity index is 473. The largest absolute Gasteiger partial charge is 0.342 e. The summed E-state index contributed by atoms with van der Waals surface area (Å²) in [5.41, 5.74) is 7.27. The van der Waals surface area contributed by atoms with E-state index in [1.807, 2.05) is 6.07 Å². The standard InChI is InChI=1S/C18H26N2O.ClH/c19-11-16-12-20(18(21)10-14-6-4-5-7-14)13-17(16)15-8-2-1-3-9-15;/h1-3,8-9,14,16-17H,4-7,10-13,19H2;1H/t16-,17+;/m1./s1. The van der Waals surface area contributed by atoms with E-state index < -0.39 is 0 Å². The summed E-state index contributed by atoms with van der Waals surface area (Å²) in [4.78, 5) is 14.6. The maximum Gasteiger partial charge on any atom is 0.222 e. The van der Waals surface area contributed by atoms with Crippen molar-refractivity contribution in [2.75, 3.05) is 19.6 Å². The lowest BCUT2D eigenvalue weighted by Crippen LogP contribution is -2.30. The molecule has 1 aliphatic heterocycles. The lowest BCUT2D eigenvalue weighted by molar-refractivity contribution is -0.131. The van der Waals surface area contributed by atoms with Crippen molar-refractivity contribution in [2.24, 2.45) is 17.6 Å². The van der Waals surface area contributed by atoms with Gasteiger partial charge in [-0.05, 0) is 36.8 Å². The molecule has 22 heavy (non-hydrogen) atoms. The number of carbonyl (C=O) groups is 1. The maximum atomic E-state index is 12.5. The maximum absolute atomic E-state index is 12.5. The van der Waals surface area contributed by atoms with Crippen molar-refractivity contribution in [2.45, 2.75) is 38.0 Å². The van der Waals surface area contributed by atoms with Crippen LogP contribution in [0.3, 0.4) is 0 Å². The Balaban J connectivity index is 0.00000176. The molecule has 1 saturated heterocycles. The summed E-state index contributed by atoms with van der Waals surface area (Å²) in [7, 11) is 0. The van der Waals surface area contributed by atoms with Crippen molar-refractivity contribution in [3.05, 3.63) is 35.9 Å². The van der Waals surface area contributed by atoms with Gasteiger partial charge in [-0.25, -0.2) is 0 Å². The van der Waals surface area contributed by atoms with Crippen molar-refractivity contribution >= 4 is 18.3 Å². The van der Waals surface area contributed by atoms with Gasteiger partial charge in [-0.15, -0.1) is 12.4 Å². The normalized spacial score (nSPS) is 25.2. The molecular weight excluding hydrogens is 296 g/mol. The van der Waals surface area contributed by atoms with Crippen LogP contribution in [0.25, 0.3) is 0 Å². The molecule has 2 fully saturated rings. The predicted octanol–water partition coefficient (Wildman–Crippen LogP) is 3.19. The molecule has 0 aromatic heterocycles. The molecule has 1 amide bonds. The fraction of sp³-hybridized carbons (Fsp3) is 0.611. The molecule has 2 N–H and O–H groups in total. The first-order chi connectivity index (χ1) is 10.3. The Morgan fingerprint density at radius 3 is 2.45 bits per heavy atom. The Kier molecular flexibility index (Phi) is 6.27. The number of likely N-dealkylation sites (tertiary alicyclic amines) is 1. The zero-order chi connectivity index (χ0) is 14.7. The molecular formula is C18H27ClN2O. The van der Waals surface area contributed by atoms with E-state index in [0.29, 0.717) is 30.2 Å². The molecule has 0 bridgehead atoms. The van der Waals surface area contributed by atoms with Crippen LogP contribution in [0.1, 0.15) is 43.6 Å². The van der Waals surface area contributed by atoms with Crippen LogP contribution in [0.15, 0.2) is 30.3 Å². The number of hydrogen-bond acceptors (Lipinski definition) is 2. The van der Waals surface area contributed by atoms with Gasteiger partial charge in [0.05, 0.1) is 0 Å². The lowest BCUT2D eigenvalue weighted by Gasteiger charge is -2.19. The second-order valence-electron chi connectivity index (χ2n) is 6.67. The summed E-state index contributed by atoms with van der Waals surface area (Å²) in [6.07, 6.45) is 5.83. The number of carbonyl (C=O) groups excluding carboxylic acids is 1. The molecule has 3 nitrogen and oxygen atoms in total. The highest BCUT2D eigenvalue weighted by Crippen LogP contribution is 2.34. The quantitative estimate of drug-likeness (QED) is 0.925. The third-order valence-corrected chi connectivity index (χ3v) is 5.26. The van der Waals surface area contributed by atoms with E-state index in [2.05, 4.69) is 29.2 Å². The minimum Gasteiger partial charge on any atom is -0.342 e. The Labute approximate surface area is 139 Å². The van der Waals surface area contributed by atoms with Crippen molar-refractivity contribution < 1.29 is 4.79 Å². The van der Waals surface area contributed by atoms with Crippen LogP contribution in [0, 0.1) is 11.8 Å². The van der Waals surface area contributed by atoms with Crippen LogP contribution in [-0.4, -0.2) is 30.4 Å². The van der Waals surface area contributed by atoms with Crippen molar-refractivity contribution in [3.8, 4) is 0 Å². The zero-order valence-corrected chi connectivity index (χ0v) is 13.9. The van der Waals surface area contributed by atoms with E-state index in [1.54, 1.807) is 0 Å². The summed E-state index contributed by atoms with van der Waals surface area (Å²) >= 11 is 0. The van der Waals surface area contributed by atoms with Crippen LogP contribution in [0.2, 0.25) is 0 Å². The van der Waals surface area contributed by atoms with E-state index >= 15 is 0 Å². The molecule has 1 aliphatic carbocycles. The molecule has 0 radical (unpaired) electrons. The number of rotatable bonds is 4. The molecule has 1 heterocycles. The van der Waals surface area contributed by atoms with Crippen molar-refractivity contribution in [3.63, 3.8) is 0 Å². The molecule has 0 spiro atoms. The molecule has 1 aromatic carbocycles. The second kappa shape index (κ2) is 7.98. The molecule has 0 unspecified atom stereocenters. The number of amides is 1. The summed E-state index contributed by atoms with van der Waals surface area (Å²) < 4.78 is 0. The van der Waals surface area contributed by atoms with Gasteiger partial charge in [0.2, 0.25) is 5.91 Å². The van der Waals surface area contributed by atoms with Crippen LogP contribution < -0.4 is 5.73 Å². The van der Waals surface area contributed by atoms with Crippen LogP contribution in [0.5, 0.6) is 0 Å². The van der Waals surface area contributed by atoms with Gasteiger partial charge in [0.25, 0.3) is 0 Å². The third kappa shape index (κ3) is 3.82. The lowest BCUT2D eigenvalue weighted by atomic mass is 9.89. The van der Waals surface area contributed by atoms with Crippen LogP contribution >= 0.6 is 12.4 Å². The highest BCUT2D eigenvalue weighted by atomic mass is 35.5. The molecule has 4 heteroatoms. The minimum absolute atomic E-state index is 0. The molecule has 122 valence electrons. The van der Waals surface area contributed by atoms with Crippen molar-refractivity contribution in [1.29, 1.82) is 0 Å². The highest BCUT2D eigenvalue weighted by molar-refractivity contribution is 5.85. The topological polar surface area (TPSA) is 46.3 Å². The first-order valence-electron chi connectivity index (χ1n) is 8.30. The van der Waals surface area contributed by atoms with E-state index in [4.69, 9.17) is 5.73 Å². The van der Waals surface area contributed by atoms with E-state index in [-0.39, 0.29) is 12.4 Å². The first kappa shape index (κ1) is 17.3. The average molecular weight is 323 g/mol. The second-order valence-corrected chi connectivity index (χ2v) is 6.67. The Morgan fingerprint density at radius 2 is 1.82 bits per heavy atom. The molecule has 2 aliphatic rings. The minimum atomic E-state index is 0. The summed E-state index contributed by atoms with van der Waals surface area (Å²) in [6, 6.07) is 10.5. The fourth-order valence-electron chi connectivity index (χ4n) is 3.98. The molecule has 2 atom stereocenters. The van der Waals surface area contributed by atoms with E-state index in [9.17, 15) is 4.79 Å². The summed E-state index contributed by atoms with van der Waals surface area (Å²) in [5, 5.41) is 0. The van der Waals surface area contributed by atoms with Gasteiger partial charge in [-0.2, -0.15) is 0 Å². The van der Waals surface area contributed by atoms with Gasteiger partial charge in [0, 0.05) is 25.4 Å². The zero-order valence-electron chi connectivity index (χ0n) is 13.1. The smallest absolute Gasteiger partial charge is 0.222 e. The molecule has 3 rings (SSSR count). The van der Waals surface area contributed by atoms with Crippen LogP contribution in [0.4, 0.5) is 0 Å². The Morgan fingerprint density at radius 1 is 1.14 bits per heavy atom. The number of hydrogen-bond donors (Lipinski definition) is 1. The van der Waals surface area contributed by atoms with Gasteiger partial charge in [-0.3, -0.25) is 4.79 Å². The number of benzene rings is 1. The number of nitrogens with two attached hydrogens (primary N) is 1. The summed E-state index contributed by atoms with van der Waals surface area (Å²) in [6.45, 7) is 2.34. The fourth-order valence-corrected chi connectivity index (χ4v) is 3.98. The molecule has 1 saturated carbocycles. The third-order valence-electron chi connectivity index (χ3n) is 5.26. The van der Waals surface area contributed by atoms with Crippen LogP contribution in [-0.2, 0) is 4.79 Å². The van der Waals surface area contributed by atoms with Gasteiger partial charge in [0.1, 0.15) is 0 Å². The monoisotopic (exact) mass is 322 g/mol. The van der Waals surface area contributed by atoms with E-state index in [0.717, 1.165) is 19.5 Å². The first-order valence-corrected chi connectivity index (χ1v) is 8.30. The Hall–Kier alpha value is -1.06. The highest BCUT2D eigenvalue weighted by Gasteiger charge is 2.35. The predicted molar refractivity (Wildman–Crippen MR) is 92.1 cm³/mol. The van der Waals surface area contributed by atoms with E-state index in [1.165, 1.54) is 31.2 Å².